The average molecular weight is 374 g/mol. The monoisotopic (exact) mass is 374 g/mol. The van der Waals surface area contributed by atoms with Crippen LogP contribution in [0.3, 0.4) is 0 Å². The second-order valence-electron chi connectivity index (χ2n) is 7.49. The number of benzene rings is 1. The molecule has 0 unspecified atom stereocenters. The van der Waals surface area contributed by atoms with Crippen LogP contribution in [0.15, 0.2) is 24.3 Å². The van der Waals surface area contributed by atoms with E-state index in [0.717, 1.165) is 44.7 Å². The van der Waals surface area contributed by atoms with Crippen LogP contribution in [0.4, 0.5) is 5.69 Å². The Kier molecular flexibility index (Phi) is 6.01. The quantitative estimate of drug-likeness (QED) is 0.754. The maximum absolute atomic E-state index is 13.3. The normalized spacial score (nSPS) is 19.2. The fourth-order valence-corrected chi connectivity index (χ4v) is 3.92. The summed E-state index contributed by atoms with van der Waals surface area (Å²) < 4.78 is 5.06. The van der Waals surface area contributed by atoms with Crippen LogP contribution in [0.25, 0.3) is 0 Å². The van der Waals surface area contributed by atoms with Gasteiger partial charge in [0.25, 0.3) is 0 Å². The Labute approximate surface area is 161 Å². The van der Waals surface area contributed by atoms with E-state index in [4.69, 9.17) is 4.74 Å². The third kappa shape index (κ3) is 3.94. The van der Waals surface area contributed by atoms with E-state index in [1.807, 2.05) is 31.1 Å². The molecule has 0 aromatic heterocycles. The zero-order valence-corrected chi connectivity index (χ0v) is 16.5. The minimum absolute atomic E-state index is 0.223. The Hall–Kier alpha value is -2.12. The van der Waals surface area contributed by atoms with Crippen LogP contribution in [0.5, 0.6) is 0 Å². The van der Waals surface area contributed by atoms with Gasteiger partial charge in [-0.15, -0.1) is 0 Å². The zero-order chi connectivity index (χ0) is 19.4. The van der Waals surface area contributed by atoms with Crippen molar-refractivity contribution in [3.8, 4) is 0 Å². The van der Waals surface area contributed by atoms with E-state index in [1.165, 1.54) is 0 Å². The maximum atomic E-state index is 13.3. The van der Waals surface area contributed by atoms with Crippen molar-refractivity contribution in [3.05, 3.63) is 29.8 Å². The molecule has 7 heteroatoms. The van der Waals surface area contributed by atoms with E-state index < -0.39 is 5.54 Å². The summed E-state index contributed by atoms with van der Waals surface area (Å²) in [5.41, 5.74) is 1.03. The number of amides is 1. The molecule has 0 radical (unpaired) electrons. The topological polar surface area (TPSA) is 65.1 Å². The molecule has 1 amide bonds. The van der Waals surface area contributed by atoms with Crippen LogP contribution < -0.4 is 10.2 Å². The number of carbonyl (C=O) groups excluding carboxylic acids is 2. The number of rotatable bonds is 6. The van der Waals surface area contributed by atoms with Crippen molar-refractivity contribution in [3.63, 3.8) is 0 Å². The lowest BCUT2D eigenvalue weighted by molar-refractivity contribution is -0.133. The minimum atomic E-state index is -0.483. The summed E-state index contributed by atoms with van der Waals surface area (Å²) in [6, 6.07) is 7.43. The molecule has 0 aliphatic carbocycles. The molecule has 1 aromatic rings. The first-order chi connectivity index (χ1) is 13.0. The molecule has 148 valence electrons. The molecular formula is C20H30N4O3. The standard InChI is InChI=1S/C20H30N4O3/c1-4-27-18(25)16-5-7-17(8-6-16)24-15-23(14-13-22(2)3)19(26)20(24)9-11-21-12-10-20/h5-8,21H,4,9-15H2,1-3H3. The van der Waals surface area contributed by atoms with Gasteiger partial charge >= 0.3 is 5.97 Å². The van der Waals surface area contributed by atoms with Gasteiger partial charge in [-0.25, -0.2) is 4.79 Å². The van der Waals surface area contributed by atoms with Gasteiger partial charge in [0, 0.05) is 18.8 Å². The summed E-state index contributed by atoms with van der Waals surface area (Å²) in [6.45, 7) is 5.98. The van der Waals surface area contributed by atoms with Gasteiger partial charge in [0.15, 0.2) is 0 Å². The molecule has 7 nitrogen and oxygen atoms in total. The molecule has 1 spiro atoms. The third-order valence-electron chi connectivity index (χ3n) is 5.45. The Morgan fingerprint density at radius 1 is 1.22 bits per heavy atom. The minimum Gasteiger partial charge on any atom is -0.462 e. The zero-order valence-electron chi connectivity index (χ0n) is 16.5. The summed E-state index contributed by atoms with van der Waals surface area (Å²) in [6.07, 6.45) is 1.59. The fourth-order valence-electron chi connectivity index (χ4n) is 3.92. The lowest BCUT2D eigenvalue weighted by Gasteiger charge is -2.40. The molecular weight excluding hydrogens is 344 g/mol. The lowest BCUT2D eigenvalue weighted by Crippen LogP contribution is -2.55. The molecule has 2 saturated heterocycles. The Morgan fingerprint density at radius 3 is 2.48 bits per heavy atom. The first kappa shape index (κ1) is 19.6. The van der Waals surface area contributed by atoms with Crippen LogP contribution in [0.1, 0.15) is 30.1 Å². The molecule has 2 heterocycles. The second kappa shape index (κ2) is 8.27. The van der Waals surface area contributed by atoms with Gasteiger partial charge in [-0.05, 0) is 71.2 Å². The van der Waals surface area contributed by atoms with Crippen molar-refractivity contribution in [1.82, 2.24) is 15.1 Å². The molecule has 2 fully saturated rings. The van der Waals surface area contributed by atoms with Crippen LogP contribution in [0.2, 0.25) is 0 Å². The summed E-state index contributed by atoms with van der Waals surface area (Å²) in [5, 5.41) is 3.36. The molecule has 1 N–H and O–H groups in total. The second-order valence-corrected chi connectivity index (χ2v) is 7.49. The van der Waals surface area contributed by atoms with E-state index in [0.29, 0.717) is 18.8 Å². The highest BCUT2D eigenvalue weighted by molar-refractivity contribution is 5.94. The van der Waals surface area contributed by atoms with Crippen molar-refractivity contribution in [2.45, 2.75) is 25.3 Å². The number of likely N-dealkylation sites (N-methyl/N-ethyl adjacent to an activating group) is 1. The van der Waals surface area contributed by atoms with E-state index in [1.54, 1.807) is 19.1 Å². The van der Waals surface area contributed by atoms with Crippen LogP contribution >= 0.6 is 0 Å². The summed E-state index contributed by atoms with van der Waals surface area (Å²) in [5.74, 6) is -0.0916. The maximum Gasteiger partial charge on any atom is 0.338 e. The van der Waals surface area contributed by atoms with Gasteiger partial charge in [0.05, 0.1) is 18.8 Å². The van der Waals surface area contributed by atoms with Gasteiger partial charge in [0.1, 0.15) is 5.54 Å². The molecule has 0 bridgehead atoms. The predicted octanol–water partition coefficient (Wildman–Crippen LogP) is 1.15. The van der Waals surface area contributed by atoms with Gasteiger partial charge in [-0.1, -0.05) is 0 Å². The highest BCUT2D eigenvalue weighted by atomic mass is 16.5. The lowest BCUT2D eigenvalue weighted by atomic mass is 9.86. The molecule has 0 atom stereocenters. The highest BCUT2D eigenvalue weighted by Gasteiger charge is 2.52. The summed E-state index contributed by atoms with van der Waals surface area (Å²) in [7, 11) is 4.04. The number of nitrogens with one attached hydrogen (secondary N) is 1. The summed E-state index contributed by atoms with van der Waals surface area (Å²) in [4.78, 5) is 31.5. The van der Waals surface area contributed by atoms with Gasteiger partial charge in [-0.2, -0.15) is 0 Å². The van der Waals surface area contributed by atoms with Crippen LogP contribution in [-0.2, 0) is 9.53 Å². The number of carbonyl (C=O) groups is 2. The van der Waals surface area contributed by atoms with Crippen molar-refractivity contribution < 1.29 is 14.3 Å². The Morgan fingerprint density at radius 2 is 1.89 bits per heavy atom. The van der Waals surface area contributed by atoms with Crippen LogP contribution in [0, 0.1) is 0 Å². The predicted molar refractivity (Wildman–Crippen MR) is 105 cm³/mol. The number of nitrogens with zero attached hydrogens (tertiary/aromatic N) is 3. The van der Waals surface area contributed by atoms with Crippen molar-refractivity contribution in [2.75, 3.05) is 58.4 Å². The Balaban J connectivity index is 1.84. The molecule has 3 rings (SSSR count). The van der Waals surface area contributed by atoms with E-state index in [-0.39, 0.29) is 11.9 Å². The molecule has 27 heavy (non-hydrogen) atoms. The number of hydrogen-bond acceptors (Lipinski definition) is 6. The van der Waals surface area contributed by atoms with Gasteiger partial charge < -0.3 is 24.8 Å². The molecule has 1 aromatic carbocycles. The SMILES string of the molecule is CCOC(=O)c1ccc(N2CN(CCN(C)C)C(=O)C23CCNCC3)cc1. The van der Waals surface area contributed by atoms with E-state index in [9.17, 15) is 9.59 Å². The molecule has 2 aliphatic rings. The highest BCUT2D eigenvalue weighted by Crippen LogP contribution is 2.38. The third-order valence-corrected chi connectivity index (χ3v) is 5.45. The van der Waals surface area contributed by atoms with Crippen molar-refractivity contribution in [1.29, 1.82) is 0 Å². The van der Waals surface area contributed by atoms with Crippen LogP contribution in [-0.4, -0.2) is 80.8 Å². The largest absolute Gasteiger partial charge is 0.462 e. The molecule has 2 aliphatic heterocycles. The van der Waals surface area contributed by atoms with Gasteiger partial charge in [-0.3, -0.25) is 4.79 Å². The van der Waals surface area contributed by atoms with Crippen molar-refractivity contribution in [2.24, 2.45) is 0 Å². The number of ether oxygens (including phenoxy) is 1. The van der Waals surface area contributed by atoms with E-state index in [2.05, 4.69) is 15.1 Å². The Bertz CT molecular complexity index is 668. The van der Waals surface area contributed by atoms with E-state index >= 15 is 0 Å². The molecule has 0 saturated carbocycles. The number of esters is 1. The van der Waals surface area contributed by atoms with Crippen molar-refractivity contribution >= 4 is 17.6 Å². The fraction of sp³-hybridized carbons (Fsp3) is 0.600. The van der Waals surface area contributed by atoms with Gasteiger partial charge in [0.2, 0.25) is 5.91 Å². The first-order valence-corrected chi connectivity index (χ1v) is 9.67. The first-order valence-electron chi connectivity index (χ1n) is 9.67. The number of hydrogen-bond donors (Lipinski definition) is 1. The average Bonchev–Trinajstić information content (AvgIpc) is 2.93. The number of piperidine rings is 1. The smallest absolute Gasteiger partial charge is 0.338 e. The number of anilines is 1. The summed E-state index contributed by atoms with van der Waals surface area (Å²) >= 11 is 0.